The number of benzene rings is 2. The van der Waals surface area contributed by atoms with Gasteiger partial charge in [0.2, 0.25) is 0 Å². The number of likely N-dealkylation sites (N-methyl/N-ethyl adjacent to an activating group) is 1. The first-order valence-electron chi connectivity index (χ1n) is 9.38. The summed E-state index contributed by atoms with van der Waals surface area (Å²) < 4.78 is 24.6. The number of halogens is 1. The first kappa shape index (κ1) is 22.4. The number of aliphatic carboxylic acids is 1. The Bertz CT molecular complexity index is 824. The normalized spacial score (nSPS) is 11.9. The van der Waals surface area contributed by atoms with E-state index in [1.807, 2.05) is 30.3 Å². The molecule has 0 fully saturated rings. The SMILES string of the molecule is CN(C)C(COc1ccccc1CCc1cccc(F)c1)OC(=O)CCC(=O)O. The van der Waals surface area contributed by atoms with Crippen molar-refractivity contribution in [2.75, 3.05) is 20.7 Å². The van der Waals surface area contributed by atoms with Crippen molar-refractivity contribution in [2.24, 2.45) is 0 Å². The van der Waals surface area contributed by atoms with Crippen molar-refractivity contribution in [3.63, 3.8) is 0 Å². The highest BCUT2D eigenvalue weighted by molar-refractivity contribution is 5.76. The number of carboxylic acid groups (broad SMARTS) is 1. The zero-order chi connectivity index (χ0) is 21.2. The van der Waals surface area contributed by atoms with Gasteiger partial charge in [0.05, 0.1) is 12.8 Å². The number of para-hydroxylation sites is 1. The first-order chi connectivity index (χ1) is 13.8. The standard InChI is InChI=1S/C22H26FNO5/c1-24(2)20(29-22(27)13-12-21(25)26)15-28-19-9-4-3-7-17(19)11-10-16-6-5-8-18(23)14-16/h3-9,14,20H,10-13,15H2,1-2H3,(H,25,26). The van der Waals surface area contributed by atoms with Gasteiger partial charge in [0, 0.05) is 0 Å². The maximum Gasteiger partial charge on any atom is 0.308 e. The predicted molar refractivity (Wildman–Crippen MR) is 106 cm³/mol. The molecule has 156 valence electrons. The van der Waals surface area contributed by atoms with Crippen LogP contribution in [0.2, 0.25) is 0 Å². The van der Waals surface area contributed by atoms with Crippen LogP contribution in [0.15, 0.2) is 48.5 Å². The van der Waals surface area contributed by atoms with Gasteiger partial charge in [-0.3, -0.25) is 14.5 Å². The lowest BCUT2D eigenvalue weighted by Gasteiger charge is -2.25. The molecule has 2 aromatic carbocycles. The fraction of sp³-hybridized carbons (Fsp3) is 0.364. The Morgan fingerprint density at radius 3 is 2.52 bits per heavy atom. The second-order valence-electron chi connectivity index (χ2n) is 6.85. The predicted octanol–water partition coefficient (Wildman–Crippen LogP) is 3.29. The molecule has 1 N–H and O–H groups in total. The Balaban J connectivity index is 1.95. The third-order valence-electron chi connectivity index (χ3n) is 4.31. The highest BCUT2D eigenvalue weighted by Gasteiger charge is 2.19. The van der Waals surface area contributed by atoms with Gasteiger partial charge in [-0.15, -0.1) is 0 Å². The molecule has 0 spiro atoms. The van der Waals surface area contributed by atoms with Gasteiger partial charge in [0.1, 0.15) is 18.2 Å². The number of carboxylic acids is 1. The summed E-state index contributed by atoms with van der Waals surface area (Å²) >= 11 is 0. The average molecular weight is 403 g/mol. The summed E-state index contributed by atoms with van der Waals surface area (Å²) in [4.78, 5) is 24.1. The van der Waals surface area contributed by atoms with E-state index in [2.05, 4.69) is 0 Å². The summed E-state index contributed by atoms with van der Waals surface area (Å²) in [7, 11) is 3.49. The van der Waals surface area contributed by atoms with Crippen LogP contribution in [0.25, 0.3) is 0 Å². The maximum atomic E-state index is 13.4. The van der Waals surface area contributed by atoms with Crippen LogP contribution in [0.5, 0.6) is 5.75 Å². The number of carbonyl (C=O) groups is 2. The Morgan fingerprint density at radius 1 is 1.07 bits per heavy atom. The molecular formula is C22H26FNO5. The van der Waals surface area contributed by atoms with Crippen LogP contribution in [-0.2, 0) is 27.2 Å². The van der Waals surface area contributed by atoms with E-state index < -0.39 is 18.2 Å². The molecule has 0 aliphatic rings. The van der Waals surface area contributed by atoms with E-state index in [4.69, 9.17) is 14.6 Å². The quantitative estimate of drug-likeness (QED) is 0.458. The molecule has 2 rings (SSSR count). The summed E-state index contributed by atoms with van der Waals surface area (Å²) in [5.74, 6) is -1.23. The number of nitrogens with zero attached hydrogens (tertiary/aromatic N) is 1. The Hall–Kier alpha value is -2.93. The molecule has 0 saturated heterocycles. The summed E-state index contributed by atoms with van der Waals surface area (Å²) in [6.07, 6.45) is 0.226. The van der Waals surface area contributed by atoms with Gasteiger partial charge in [0.25, 0.3) is 0 Å². The van der Waals surface area contributed by atoms with Gasteiger partial charge >= 0.3 is 11.9 Å². The largest absolute Gasteiger partial charge is 0.488 e. The highest BCUT2D eigenvalue weighted by Crippen LogP contribution is 2.21. The number of rotatable bonds is 11. The van der Waals surface area contributed by atoms with Crippen LogP contribution in [0.3, 0.4) is 0 Å². The highest BCUT2D eigenvalue weighted by atomic mass is 19.1. The van der Waals surface area contributed by atoms with E-state index in [0.717, 1.165) is 11.1 Å². The topological polar surface area (TPSA) is 76.1 Å². The van der Waals surface area contributed by atoms with Gasteiger partial charge < -0.3 is 14.6 Å². The van der Waals surface area contributed by atoms with E-state index in [9.17, 15) is 14.0 Å². The fourth-order valence-corrected chi connectivity index (χ4v) is 2.69. The molecule has 0 aliphatic carbocycles. The maximum absolute atomic E-state index is 13.4. The molecule has 2 aromatic rings. The average Bonchev–Trinajstić information content (AvgIpc) is 2.68. The first-order valence-corrected chi connectivity index (χ1v) is 9.38. The third kappa shape index (κ3) is 7.91. The van der Waals surface area contributed by atoms with E-state index >= 15 is 0 Å². The summed E-state index contributed by atoms with van der Waals surface area (Å²) in [5.41, 5.74) is 1.87. The lowest BCUT2D eigenvalue weighted by molar-refractivity contribution is -0.161. The zero-order valence-electron chi connectivity index (χ0n) is 16.6. The zero-order valence-corrected chi connectivity index (χ0v) is 16.6. The van der Waals surface area contributed by atoms with Crippen LogP contribution < -0.4 is 4.74 Å². The Labute approximate surface area is 169 Å². The molecular weight excluding hydrogens is 377 g/mol. The number of aryl methyl sites for hydroxylation is 2. The molecule has 0 amide bonds. The Morgan fingerprint density at radius 2 is 1.83 bits per heavy atom. The molecule has 0 radical (unpaired) electrons. The van der Waals surface area contributed by atoms with Gasteiger partial charge in [-0.1, -0.05) is 30.3 Å². The van der Waals surface area contributed by atoms with Gasteiger partial charge in [-0.25, -0.2) is 4.39 Å². The molecule has 0 saturated carbocycles. The molecule has 0 aliphatic heterocycles. The number of hydrogen-bond acceptors (Lipinski definition) is 5. The van der Waals surface area contributed by atoms with Crippen LogP contribution in [0.4, 0.5) is 4.39 Å². The van der Waals surface area contributed by atoms with Crippen molar-refractivity contribution in [3.05, 3.63) is 65.5 Å². The van der Waals surface area contributed by atoms with Crippen LogP contribution in [0.1, 0.15) is 24.0 Å². The van der Waals surface area contributed by atoms with E-state index in [-0.39, 0.29) is 25.3 Å². The minimum absolute atomic E-state index is 0.1000. The molecule has 0 bridgehead atoms. The number of ether oxygens (including phenoxy) is 2. The molecule has 0 aromatic heterocycles. The summed E-state index contributed by atoms with van der Waals surface area (Å²) in [5, 5.41) is 8.67. The van der Waals surface area contributed by atoms with Crippen LogP contribution in [-0.4, -0.2) is 48.9 Å². The molecule has 1 atom stereocenters. The molecule has 29 heavy (non-hydrogen) atoms. The molecule has 7 heteroatoms. The van der Waals surface area contributed by atoms with Crippen LogP contribution in [0, 0.1) is 5.82 Å². The van der Waals surface area contributed by atoms with E-state index in [0.29, 0.717) is 18.6 Å². The van der Waals surface area contributed by atoms with Gasteiger partial charge in [-0.05, 0) is 56.3 Å². The monoisotopic (exact) mass is 403 g/mol. The summed E-state index contributed by atoms with van der Waals surface area (Å²) in [6.45, 7) is 0.1000. The summed E-state index contributed by atoms with van der Waals surface area (Å²) in [6, 6.07) is 14.0. The van der Waals surface area contributed by atoms with Gasteiger partial charge in [-0.2, -0.15) is 0 Å². The molecule has 1 unspecified atom stereocenters. The van der Waals surface area contributed by atoms with Gasteiger partial charge in [0.15, 0.2) is 6.23 Å². The number of esters is 1. The second kappa shape index (κ2) is 11.2. The van der Waals surface area contributed by atoms with Crippen molar-refractivity contribution in [3.8, 4) is 5.75 Å². The fourth-order valence-electron chi connectivity index (χ4n) is 2.69. The van der Waals surface area contributed by atoms with Crippen molar-refractivity contribution < 1.29 is 28.6 Å². The molecule has 0 heterocycles. The van der Waals surface area contributed by atoms with Crippen molar-refractivity contribution in [1.29, 1.82) is 0 Å². The number of hydrogen-bond donors (Lipinski definition) is 1. The van der Waals surface area contributed by atoms with E-state index in [1.54, 1.807) is 25.1 Å². The van der Waals surface area contributed by atoms with Crippen molar-refractivity contribution in [2.45, 2.75) is 31.9 Å². The minimum Gasteiger partial charge on any atom is -0.488 e. The lowest BCUT2D eigenvalue weighted by Crippen LogP contribution is -2.38. The van der Waals surface area contributed by atoms with Crippen molar-refractivity contribution in [1.82, 2.24) is 4.90 Å². The minimum atomic E-state index is -1.05. The number of carbonyl (C=O) groups excluding carboxylic acids is 1. The second-order valence-corrected chi connectivity index (χ2v) is 6.85. The van der Waals surface area contributed by atoms with E-state index in [1.165, 1.54) is 12.1 Å². The van der Waals surface area contributed by atoms with Crippen molar-refractivity contribution >= 4 is 11.9 Å². The smallest absolute Gasteiger partial charge is 0.308 e. The van der Waals surface area contributed by atoms with Crippen LogP contribution >= 0.6 is 0 Å². The lowest BCUT2D eigenvalue weighted by atomic mass is 10.0. The molecule has 6 nitrogen and oxygen atoms in total. The third-order valence-corrected chi connectivity index (χ3v) is 4.31. The Kier molecular flexibility index (Phi) is 8.61.